The predicted octanol–water partition coefficient (Wildman–Crippen LogP) is 7.51. The average molecular weight is 592 g/mol. The maximum atomic E-state index is 13.9. The monoisotopic (exact) mass is 591 g/mol. The van der Waals surface area contributed by atoms with Crippen molar-refractivity contribution in [2.75, 3.05) is 0 Å². The van der Waals surface area contributed by atoms with Crippen LogP contribution in [0.2, 0.25) is 10.0 Å². The first kappa shape index (κ1) is 27.9. The maximum absolute atomic E-state index is 13.9. The standard InChI is InChI=1S/C28H22Cl2F3N3O4/c29-20-2-1-3-21(30)23(20)24-19(25(40-36-24)16-8-9-16)14-39-22-11-10-18(26(35-22)28(31,32)33)13-34-12-15-4-6-17(7-5-15)27(37)38/h1-7,10-11,16,34H,8-9,12-14H2,(H,37,38). The third-order valence-electron chi connectivity index (χ3n) is 6.40. The highest BCUT2D eigenvalue weighted by Gasteiger charge is 2.36. The largest absolute Gasteiger partial charge is 0.478 e. The molecule has 1 aliphatic carbocycles. The van der Waals surface area contributed by atoms with Crippen molar-refractivity contribution in [1.29, 1.82) is 0 Å². The highest BCUT2D eigenvalue weighted by molar-refractivity contribution is 6.39. The molecule has 2 heterocycles. The molecule has 12 heteroatoms. The smallest absolute Gasteiger partial charge is 0.433 e. The normalized spacial score (nSPS) is 13.4. The molecule has 4 aromatic rings. The first-order chi connectivity index (χ1) is 19.1. The summed E-state index contributed by atoms with van der Waals surface area (Å²) in [5.41, 5.74) is 1.12. The Morgan fingerprint density at radius 2 is 1.75 bits per heavy atom. The van der Waals surface area contributed by atoms with Crippen LogP contribution in [0.4, 0.5) is 13.2 Å². The van der Waals surface area contributed by atoms with Crippen LogP contribution in [0.1, 0.15) is 57.3 Å². The van der Waals surface area contributed by atoms with E-state index in [1.165, 1.54) is 24.3 Å². The van der Waals surface area contributed by atoms with Crippen LogP contribution in [0.5, 0.6) is 5.88 Å². The maximum Gasteiger partial charge on any atom is 0.433 e. The highest BCUT2D eigenvalue weighted by atomic mass is 35.5. The second kappa shape index (κ2) is 11.5. The number of carbonyl (C=O) groups is 1. The molecule has 1 saturated carbocycles. The molecule has 0 saturated heterocycles. The fourth-order valence-electron chi connectivity index (χ4n) is 4.24. The van der Waals surface area contributed by atoms with Crippen molar-refractivity contribution >= 4 is 29.2 Å². The van der Waals surface area contributed by atoms with Crippen LogP contribution >= 0.6 is 23.2 Å². The van der Waals surface area contributed by atoms with Crippen molar-refractivity contribution in [3.8, 4) is 17.1 Å². The molecule has 40 heavy (non-hydrogen) atoms. The van der Waals surface area contributed by atoms with Crippen molar-refractivity contribution < 1.29 is 32.3 Å². The first-order valence-corrected chi connectivity index (χ1v) is 13.0. The molecule has 2 N–H and O–H groups in total. The van der Waals surface area contributed by atoms with Gasteiger partial charge in [0.15, 0.2) is 5.69 Å². The third kappa shape index (κ3) is 6.24. The molecular weight excluding hydrogens is 570 g/mol. The van der Waals surface area contributed by atoms with Crippen LogP contribution in [0.3, 0.4) is 0 Å². The van der Waals surface area contributed by atoms with Crippen LogP contribution < -0.4 is 10.1 Å². The molecule has 0 aliphatic heterocycles. The van der Waals surface area contributed by atoms with Crippen LogP contribution in [-0.4, -0.2) is 21.2 Å². The molecule has 0 bridgehead atoms. The summed E-state index contributed by atoms with van der Waals surface area (Å²) in [4.78, 5) is 14.8. The highest BCUT2D eigenvalue weighted by Crippen LogP contribution is 2.46. The van der Waals surface area contributed by atoms with Gasteiger partial charge in [0.25, 0.3) is 0 Å². The summed E-state index contributed by atoms with van der Waals surface area (Å²) in [6, 6.07) is 13.8. The van der Waals surface area contributed by atoms with Gasteiger partial charge in [0.2, 0.25) is 5.88 Å². The van der Waals surface area contributed by atoms with Gasteiger partial charge in [0, 0.05) is 30.6 Å². The van der Waals surface area contributed by atoms with E-state index in [1.807, 2.05) is 0 Å². The summed E-state index contributed by atoms with van der Waals surface area (Å²) in [5, 5.41) is 16.8. The average Bonchev–Trinajstić information content (AvgIpc) is 3.67. The lowest BCUT2D eigenvalue weighted by molar-refractivity contribution is -0.142. The second-order valence-corrected chi connectivity index (χ2v) is 10.1. The quantitative estimate of drug-likeness (QED) is 0.197. The van der Waals surface area contributed by atoms with E-state index in [9.17, 15) is 18.0 Å². The zero-order chi connectivity index (χ0) is 28.4. The van der Waals surface area contributed by atoms with Gasteiger partial charge in [0.1, 0.15) is 18.1 Å². The number of aromatic carboxylic acids is 1. The Hall–Kier alpha value is -3.60. The van der Waals surface area contributed by atoms with Crippen molar-refractivity contribution in [2.24, 2.45) is 0 Å². The number of carboxylic acid groups (broad SMARTS) is 1. The zero-order valence-electron chi connectivity index (χ0n) is 20.8. The Bertz CT molecular complexity index is 1520. The Labute approximate surface area is 236 Å². The van der Waals surface area contributed by atoms with Gasteiger partial charge in [0.05, 0.1) is 21.2 Å². The van der Waals surface area contributed by atoms with E-state index in [0.29, 0.717) is 32.6 Å². The van der Waals surface area contributed by atoms with Gasteiger partial charge in [-0.15, -0.1) is 0 Å². The number of alkyl halides is 3. The number of halogens is 5. The number of nitrogens with one attached hydrogen (secondary N) is 1. The first-order valence-electron chi connectivity index (χ1n) is 12.3. The van der Waals surface area contributed by atoms with Crippen molar-refractivity contribution in [3.63, 3.8) is 0 Å². The fraction of sp³-hybridized carbons (Fsp3) is 0.250. The van der Waals surface area contributed by atoms with Crippen molar-refractivity contribution in [2.45, 2.75) is 44.6 Å². The lowest BCUT2D eigenvalue weighted by Gasteiger charge is -2.15. The molecule has 0 spiro atoms. The molecule has 2 aromatic carbocycles. The SMILES string of the molecule is O=C(O)c1ccc(CNCc2ccc(OCc3c(-c4c(Cl)cccc4Cl)noc3C3CC3)nc2C(F)(F)F)cc1. The van der Waals surface area contributed by atoms with Gasteiger partial charge >= 0.3 is 12.1 Å². The molecule has 1 fully saturated rings. The Morgan fingerprint density at radius 3 is 2.38 bits per heavy atom. The molecular formula is C28H22Cl2F3N3O4. The van der Waals surface area contributed by atoms with Crippen LogP contribution in [-0.2, 0) is 25.9 Å². The molecule has 1 aliphatic rings. The van der Waals surface area contributed by atoms with Gasteiger partial charge in [-0.25, -0.2) is 9.78 Å². The Kier molecular flexibility index (Phi) is 8.02. The summed E-state index contributed by atoms with van der Waals surface area (Å²) in [5.74, 6) is -0.522. The molecule has 5 rings (SSSR count). The summed E-state index contributed by atoms with van der Waals surface area (Å²) in [7, 11) is 0. The van der Waals surface area contributed by atoms with E-state index in [2.05, 4.69) is 15.5 Å². The fourth-order valence-corrected chi connectivity index (χ4v) is 4.82. The molecule has 0 amide bonds. The minimum atomic E-state index is -4.72. The van der Waals surface area contributed by atoms with E-state index in [4.69, 9.17) is 37.6 Å². The number of nitrogens with zero attached hydrogens (tertiary/aromatic N) is 2. The number of carboxylic acids is 1. The van der Waals surface area contributed by atoms with Gasteiger partial charge in [-0.1, -0.05) is 52.6 Å². The second-order valence-electron chi connectivity index (χ2n) is 9.29. The third-order valence-corrected chi connectivity index (χ3v) is 7.03. The number of hydrogen-bond acceptors (Lipinski definition) is 6. The molecule has 0 unspecified atom stereocenters. The summed E-state index contributed by atoms with van der Waals surface area (Å²) < 4.78 is 53.1. The minimum absolute atomic E-state index is 0.0609. The molecule has 7 nitrogen and oxygen atoms in total. The zero-order valence-corrected chi connectivity index (χ0v) is 22.3. The van der Waals surface area contributed by atoms with Gasteiger partial charge in [-0.2, -0.15) is 13.2 Å². The molecule has 2 aromatic heterocycles. The number of hydrogen-bond donors (Lipinski definition) is 2. The van der Waals surface area contributed by atoms with Crippen molar-refractivity contribution in [3.05, 3.63) is 98.4 Å². The van der Waals surface area contributed by atoms with Gasteiger partial charge in [-0.05, 0) is 48.2 Å². The summed E-state index contributed by atoms with van der Waals surface area (Å²) in [6.07, 6.45) is -2.91. The molecule has 0 atom stereocenters. The van der Waals surface area contributed by atoms with E-state index >= 15 is 0 Å². The van der Waals surface area contributed by atoms with E-state index < -0.39 is 17.8 Å². The van der Waals surface area contributed by atoms with Crippen LogP contribution in [0, 0.1) is 0 Å². The number of rotatable bonds is 10. The minimum Gasteiger partial charge on any atom is -0.478 e. The topological polar surface area (TPSA) is 97.5 Å². The molecule has 208 valence electrons. The predicted molar refractivity (Wildman–Crippen MR) is 141 cm³/mol. The van der Waals surface area contributed by atoms with Crippen LogP contribution in [0.25, 0.3) is 11.3 Å². The van der Waals surface area contributed by atoms with Gasteiger partial charge in [-0.3, -0.25) is 0 Å². The lowest BCUT2D eigenvalue weighted by Crippen LogP contribution is -2.19. The lowest BCUT2D eigenvalue weighted by atomic mass is 10.0. The van der Waals surface area contributed by atoms with E-state index in [0.717, 1.165) is 18.4 Å². The number of aromatic nitrogens is 2. The van der Waals surface area contributed by atoms with Gasteiger partial charge < -0.3 is 19.7 Å². The summed E-state index contributed by atoms with van der Waals surface area (Å²) in [6.45, 7) is -0.0177. The van der Waals surface area contributed by atoms with Crippen LogP contribution in [0.15, 0.2) is 59.1 Å². The Balaban J connectivity index is 1.33. The Morgan fingerprint density at radius 1 is 1.05 bits per heavy atom. The molecule has 0 radical (unpaired) electrons. The van der Waals surface area contributed by atoms with Crippen molar-refractivity contribution in [1.82, 2.24) is 15.5 Å². The summed E-state index contributed by atoms with van der Waals surface area (Å²) >= 11 is 12.7. The van der Waals surface area contributed by atoms with E-state index in [-0.39, 0.29) is 42.6 Å². The number of pyridine rings is 1. The number of benzene rings is 2. The van der Waals surface area contributed by atoms with E-state index in [1.54, 1.807) is 30.3 Å². The number of ether oxygens (including phenoxy) is 1.